The lowest BCUT2D eigenvalue weighted by atomic mass is 10.1. The van der Waals surface area contributed by atoms with Gasteiger partial charge >= 0.3 is 0 Å². The quantitative estimate of drug-likeness (QED) is 0.649. The van der Waals surface area contributed by atoms with Gasteiger partial charge in [-0.25, -0.2) is 0 Å². The smallest absolute Gasteiger partial charge is 0.273 e. The Morgan fingerprint density at radius 1 is 1.38 bits per heavy atom. The Kier molecular flexibility index (Phi) is 4.64. The molecule has 1 N–H and O–H groups in total. The van der Waals surface area contributed by atoms with Gasteiger partial charge in [0.25, 0.3) is 5.69 Å². The van der Waals surface area contributed by atoms with E-state index in [1.165, 1.54) is 6.07 Å². The first-order valence-corrected chi connectivity index (χ1v) is 6.78. The Balaban J connectivity index is 2.14. The van der Waals surface area contributed by atoms with E-state index in [2.05, 4.69) is 29.4 Å². The van der Waals surface area contributed by atoms with Crippen molar-refractivity contribution in [3.05, 3.63) is 39.8 Å². The summed E-state index contributed by atoms with van der Waals surface area (Å²) >= 11 is 0. The number of nitro benzene ring substituents is 1. The monoisotopic (exact) mass is 290 g/mol. The van der Waals surface area contributed by atoms with Gasteiger partial charge in [0.1, 0.15) is 0 Å². The summed E-state index contributed by atoms with van der Waals surface area (Å²) in [6.07, 6.45) is 0.624. The van der Waals surface area contributed by atoms with E-state index in [9.17, 15) is 10.1 Å². The summed E-state index contributed by atoms with van der Waals surface area (Å²) in [5, 5.41) is 22.1. The van der Waals surface area contributed by atoms with E-state index in [4.69, 9.17) is 4.42 Å². The summed E-state index contributed by atoms with van der Waals surface area (Å²) < 4.78 is 5.54. The summed E-state index contributed by atoms with van der Waals surface area (Å²) in [6, 6.07) is 5.27. The molecule has 0 aliphatic carbocycles. The number of hydrogen-bond acceptors (Lipinski definition) is 6. The Labute approximate surface area is 122 Å². The molecule has 21 heavy (non-hydrogen) atoms. The van der Waals surface area contributed by atoms with Crippen molar-refractivity contribution in [1.82, 2.24) is 15.5 Å². The minimum atomic E-state index is -0.414. The first-order valence-electron chi connectivity index (χ1n) is 6.78. The molecule has 0 unspecified atom stereocenters. The SMILES string of the molecule is Cc1ccc(-c2nnc(CCNC(C)C)o2)cc1[N+](=O)[O-]. The molecule has 112 valence electrons. The average Bonchev–Trinajstić information content (AvgIpc) is 2.87. The molecule has 0 aliphatic heterocycles. The van der Waals surface area contributed by atoms with Gasteiger partial charge in [-0.15, -0.1) is 10.2 Å². The van der Waals surface area contributed by atoms with Crippen LogP contribution in [0.4, 0.5) is 5.69 Å². The van der Waals surface area contributed by atoms with Crippen LogP contribution in [0.5, 0.6) is 0 Å². The van der Waals surface area contributed by atoms with Crippen molar-refractivity contribution in [1.29, 1.82) is 0 Å². The average molecular weight is 290 g/mol. The second-order valence-corrected chi connectivity index (χ2v) is 5.12. The Morgan fingerprint density at radius 3 is 2.81 bits per heavy atom. The molecule has 0 fully saturated rings. The summed E-state index contributed by atoms with van der Waals surface area (Å²) in [7, 11) is 0. The summed E-state index contributed by atoms with van der Waals surface area (Å²) in [6.45, 7) is 6.56. The lowest BCUT2D eigenvalue weighted by molar-refractivity contribution is -0.385. The van der Waals surface area contributed by atoms with Crippen LogP contribution in [0.2, 0.25) is 0 Å². The zero-order valence-electron chi connectivity index (χ0n) is 12.3. The summed E-state index contributed by atoms with van der Waals surface area (Å²) in [5.41, 5.74) is 1.21. The highest BCUT2D eigenvalue weighted by Crippen LogP contribution is 2.25. The number of aryl methyl sites for hydroxylation is 1. The molecule has 0 amide bonds. The summed E-state index contributed by atoms with van der Waals surface area (Å²) in [4.78, 5) is 10.5. The highest BCUT2D eigenvalue weighted by atomic mass is 16.6. The van der Waals surface area contributed by atoms with Crippen LogP contribution in [-0.4, -0.2) is 27.7 Å². The van der Waals surface area contributed by atoms with E-state index in [0.29, 0.717) is 35.4 Å². The van der Waals surface area contributed by atoms with Crippen LogP contribution in [0, 0.1) is 17.0 Å². The van der Waals surface area contributed by atoms with Crippen molar-refractivity contribution in [3.8, 4) is 11.5 Å². The molecule has 1 heterocycles. The van der Waals surface area contributed by atoms with Crippen LogP contribution < -0.4 is 5.32 Å². The van der Waals surface area contributed by atoms with E-state index in [1.807, 2.05) is 0 Å². The van der Waals surface area contributed by atoms with E-state index in [-0.39, 0.29) is 5.69 Å². The molecule has 2 aromatic rings. The van der Waals surface area contributed by atoms with Crippen molar-refractivity contribution >= 4 is 5.69 Å². The van der Waals surface area contributed by atoms with Gasteiger partial charge in [0.2, 0.25) is 11.8 Å². The molecule has 0 atom stereocenters. The van der Waals surface area contributed by atoms with E-state index < -0.39 is 4.92 Å². The maximum Gasteiger partial charge on any atom is 0.273 e. The minimum absolute atomic E-state index is 0.0497. The van der Waals surface area contributed by atoms with Crippen molar-refractivity contribution in [2.24, 2.45) is 0 Å². The largest absolute Gasteiger partial charge is 0.421 e. The normalized spacial score (nSPS) is 11.0. The zero-order chi connectivity index (χ0) is 15.4. The Bertz CT molecular complexity index is 637. The fourth-order valence-electron chi connectivity index (χ4n) is 1.88. The molecule has 1 aromatic carbocycles. The number of nitrogens with zero attached hydrogens (tertiary/aromatic N) is 3. The van der Waals surface area contributed by atoms with Gasteiger partial charge in [0, 0.05) is 36.2 Å². The van der Waals surface area contributed by atoms with Crippen LogP contribution in [0.15, 0.2) is 22.6 Å². The fraction of sp³-hybridized carbons (Fsp3) is 0.429. The van der Waals surface area contributed by atoms with E-state index in [0.717, 1.165) is 6.54 Å². The fourth-order valence-corrected chi connectivity index (χ4v) is 1.88. The lowest BCUT2D eigenvalue weighted by Crippen LogP contribution is -2.25. The second-order valence-electron chi connectivity index (χ2n) is 5.12. The van der Waals surface area contributed by atoms with Gasteiger partial charge in [-0.2, -0.15) is 0 Å². The second kappa shape index (κ2) is 6.45. The molecule has 0 saturated carbocycles. The van der Waals surface area contributed by atoms with Crippen molar-refractivity contribution < 1.29 is 9.34 Å². The number of rotatable bonds is 6. The molecule has 7 heteroatoms. The van der Waals surface area contributed by atoms with Gasteiger partial charge in [0.05, 0.1) is 4.92 Å². The zero-order valence-corrected chi connectivity index (χ0v) is 12.3. The molecule has 0 radical (unpaired) electrons. The number of nitrogens with one attached hydrogen (secondary N) is 1. The molecule has 0 bridgehead atoms. The minimum Gasteiger partial charge on any atom is -0.421 e. The van der Waals surface area contributed by atoms with Gasteiger partial charge in [-0.05, 0) is 13.0 Å². The molecule has 1 aromatic heterocycles. The van der Waals surface area contributed by atoms with Crippen LogP contribution in [-0.2, 0) is 6.42 Å². The number of nitro groups is 1. The third kappa shape index (κ3) is 3.85. The highest BCUT2D eigenvalue weighted by Gasteiger charge is 2.15. The molecule has 7 nitrogen and oxygen atoms in total. The van der Waals surface area contributed by atoms with Gasteiger partial charge < -0.3 is 9.73 Å². The number of aromatic nitrogens is 2. The molecule has 2 rings (SSSR count). The standard InChI is InChI=1S/C14H18N4O3/c1-9(2)15-7-6-13-16-17-14(21-13)11-5-4-10(3)12(8-11)18(19)20/h4-5,8-9,15H,6-7H2,1-3H3. The molecule has 0 spiro atoms. The van der Waals surface area contributed by atoms with Crippen LogP contribution in [0.25, 0.3) is 11.5 Å². The number of hydrogen-bond donors (Lipinski definition) is 1. The predicted octanol–water partition coefficient (Wildman–Crippen LogP) is 2.49. The summed E-state index contributed by atoms with van der Waals surface area (Å²) in [5.74, 6) is 0.819. The van der Waals surface area contributed by atoms with Gasteiger partial charge in [0.15, 0.2) is 0 Å². The van der Waals surface area contributed by atoms with Crippen LogP contribution in [0.1, 0.15) is 25.3 Å². The van der Waals surface area contributed by atoms with Gasteiger partial charge in [-0.1, -0.05) is 19.9 Å². The van der Waals surface area contributed by atoms with Crippen molar-refractivity contribution in [2.45, 2.75) is 33.2 Å². The first kappa shape index (κ1) is 15.1. The number of benzene rings is 1. The van der Waals surface area contributed by atoms with Crippen molar-refractivity contribution in [3.63, 3.8) is 0 Å². The van der Waals surface area contributed by atoms with Crippen LogP contribution in [0.3, 0.4) is 0 Å². The first-order chi connectivity index (χ1) is 9.97. The maximum absolute atomic E-state index is 10.9. The van der Waals surface area contributed by atoms with E-state index in [1.54, 1.807) is 19.1 Å². The van der Waals surface area contributed by atoms with Crippen molar-refractivity contribution in [2.75, 3.05) is 6.54 Å². The Morgan fingerprint density at radius 2 is 2.14 bits per heavy atom. The maximum atomic E-state index is 10.9. The molecule has 0 aliphatic rings. The predicted molar refractivity (Wildman–Crippen MR) is 78.0 cm³/mol. The third-order valence-electron chi connectivity index (χ3n) is 3.01. The highest BCUT2D eigenvalue weighted by molar-refractivity contribution is 5.59. The molecular weight excluding hydrogens is 272 g/mol. The van der Waals surface area contributed by atoms with Gasteiger partial charge in [-0.3, -0.25) is 10.1 Å². The molecule has 0 saturated heterocycles. The molecular formula is C14H18N4O3. The lowest BCUT2D eigenvalue weighted by Gasteiger charge is -2.04. The topological polar surface area (TPSA) is 94.1 Å². The third-order valence-corrected chi connectivity index (χ3v) is 3.01. The Hall–Kier alpha value is -2.28. The van der Waals surface area contributed by atoms with E-state index >= 15 is 0 Å². The van der Waals surface area contributed by atoms with Crippen LogP contribution >= 0.6 is 0 Å².